The molecule has 1 heterocycles. The third kappa shape index (κ3) is 8.06. The maximum atomic E-state index is 9.54. The molecule has 0 bridgehead atoms. The fourth-order valence-corrected chi connectivity index (χ4v) is 21.8. The van der Waals surface area contributed by atoms with Crippen LogP contribution in [-0.4, -0.2) is 28.6 Å². The van der Waals surface area contributed by atoms with E-state index in [1.54, 1.807) is 3.59 Å². The molecule has 0 radical (unpaired) electrons. The van der Waals surface area contributed by atoms with Crippen molar-refractivity contribution in [3.8, 4) is 6.07 Å². The van der Waals surface area contributed by atoms with Crippen LogP contribution in [0.4, 0.5) is 0 Å². The normalized spacial score (nSPS) is 12.2. The molecule has 0 aliphatic carbocycles. The quantitative estimate of drug-likeness (QED) is 0.169. The molecule has 2 aromatic rings. The van der Waals surface area contributed by atoms with Crippen LogP contribution in [0.3, 0.4) is 0 Å². The topological polar surface area (TPSA) is 62.7 Å². The number of allylic oxidation sites excluding steroid dienone is 1. The number of hydrogen-bond donors (Lipinski definition) is 0. The van der Waals surface area contributed by atoms with Crippen molar-refractivity contribution in [2.24, 2.45) is 0 Å². The van der Waals surface area contributed by atoms with Gasteiger partial charge in [0.25, 0.3) is 0 Å². The van der Waals surface area contributed by atoms with Gasteiger partial charge in [-0.1, -0.05) is 0 Å². The standard InChI is InChI=1S/C15H14N3O.3C4H9.Sn/c1-12-17-18-15(19-12)9-4-2-3-6-13-7-5-8-14(10-13)11-16;3*1-3-4-2;/h3,5,7-8,10H,2,4,9H2,1H3;3*1,3-4H2,2H3;. The van der Waals surface area contributed by atoms with Crippen molar-refractivity contribution in [3.05, 3.63) is 53.2 Å². The zero-order chi connectivity index (χ0) is 23.2. The van der Waals surface area contributed by atoms with E-state index in [1.807, 2.05) is 13.0 Å². The Morgan fingerprint density at radius 3 is 2.19 bits per heavy atom. The molecule has 1 aromatic carbocycles. The summed E-state index contributed by atoms with van der Waals surface area (Å²) in [4.78, 5) is 0. The Morgan fingerprint density at radius 2 is 1.66 bits per heavy atom. The monoisotopic (exact) mass is 543 g/mol. The molecule has 0 saturated heterocycles. The Hall–Kier alpha value is -1.61. The van der Waals surface area contributed by atoms with Gasteiger partial charge in [0, 0.05) is 0 Å². The molecule has 0 amide bonds. The molecule has 4 nitrogen and oxygen atoms in total. The maximum absolute atomic E-state index is 9.54. The van der Waals surface area contributed by atoms with Gasteiger partial charge in [0.1, 0.15) is 0 Å². The number of nitrogens with zero attached hydrogens (tertiary/aromatic N) is 3. The summed E-state index contributed by atoms with van der Waals surface area (Å²) in [7, 11) is 0. The van der Waals surface area contributed by atoms with E-state index in [1.165, 1.54) is 57.4 Å². The summed E-state index contributed by atoms with van der Waals surface area (Å²) in [5.41, 5.74) is 2.09. The zero-order valence-corrected chi connectivity index (χ0v) is 23.5. The summed E-state index contributed by atoms with van der Waals surface area (Å²) < 4.78 is 11.5. The first kappa shape index (κ1) is 26.6. The van der Waals surface area contributed by atoms with Crippen molar-refractivity contribution in [2.45, 2.75) is 98.8 Å². The Balaban J connectivity index is 2.40. The Bertz CT molecular complexity index is 859. The molecule has 32 heavy (non-hydrogen) atoms. The van der Waals surface area contributed by atoms with Crippen LogP contribution in [0.1, 0.15) is 95.0 Å². The van der Waals surface area contributed by atoms with Gasteiger partial charge >= 0.3 is 200 Å². The van der Waals surface area contributed by atoms with Crippen molar-refractivity contribution < 1.29 is 4.42 Å². The average Bonchev–Trinajstić information content (AvgIpc) is 3.24. The first-order chi connectivity index (χ1) is 15.6. The number of aromatic nitrogens is 2. The van der Waals surface area contributed by atoms with Crippen LogP contribution in [0.25, 0.3) is 3.59 Å². The van der Waals surface area contributed by atoms with E-state index in [4.69, 9.17) is 4.42 Å². The predicted octanol–water partition coefficient (Wildman–Crippen LogP) is 8.04. The van der Waals surface area contributed by atoms with Crippen LogP contribution >= 0.6 is 0 Å². The Kier molecular flexibility index (Phi) is 12.1. The van der Waals surface area contributed by atoms with Crippen LogP contribution < -0.4 is 0 Å². The van der Waals surface area contributed by atoms with Crippen LogP contribution in [0.5, 0.6) is 0 Å². The summed E-state index contributed by atoms with van der Waals surface area (Å²) in [6.45, 7) is 8.81. The van der Waals surface area contributed by atoms with Gasteiger partial charge in [-0.3, -0.25) is 0 Å². The van der Waals surface area contributed by atoms with E-state index in [9.17, 15) is 5.26 Å². The molecule has 0 fully saturated rings. The van der Waals surface area contributed by atoms with Crippen molar-refractivity contribution in [1.29, 1.82) is 5.26 Å². The van der Waals surface area contributed by atoms with Gasteiger partial charge in [-0.25, -0.2) is 0 Å². The number of benzene rings is 1. The number of unbranched alkanes of at least 4 members (excludes halogenated alkanes) is 4. The van der Waals surface area contributed by atoms with E-state index in [0.717, 1.165) is 30.7 Å². The fraction of sp³-hybridized carbons (Fsp3) is 0.593. The Morgan fingerprint density at radius 1 is 1.00 bits per heavy atom. The van der Waals surface area contributed by atoms with Gasteiger partial charge in [-0.2, -0.15) is 0 Å². The molecule has 2 rings (SSSR count). The van der Waals surface area contributed by atoms with E-state index < -0.39 is 18.4 Å². The van der Waals surface area contributed by atoms with Gasteiger partial charge in [0.05, 0.1) is 0 Å². The van der Waals surface area contributed by atoms with E-state index in [2.05, 4.69) is 61.3 Å². The van der Waals surface area contributed by atoms with Crippen molar-refractivity contribution in [3.63, 3.8) is 0 Å². The molecule has 0 N–H and O–H groups in total. The van der Waals surface area contributed by atoms with Gasteiger partial charge in [-0.05, 0) is 0 Å². The summed E-state index contributed by atoms with van der Waals surface area (Å²) in [5, 5.41) is 17.6. The SMILES string of the molecule is CCC[CH2][Sn]([CH2]CCC)([CH2]CCC)/[C](=C/CCCc1nnc(C)o1)c1cccc(C#N)c1. The van der Waals surface area contributed by atoms with E-state index >= 15 is 0 Å². The Labute approximate surface area is 199 Å². The molecule has 174 valence electrons. The molecule has 0 unspecified atom stereocenters. The molecular weight excluding hydrogens is 501 g/mol. The van der Waals surface area contributed by atoms with Gasteiger partial charge < -0.3 is 0 Å². The average molecular weight is 542 g/mol. The van der Waals surface area contributed by atoms with Crippen molar-refractivity contribution in [2.75, 3.05) is 0 Å². The van der Waals surface area contributed by atoms with E-state index in [0.29, 0.717) is 5.89 Å². The van der Waals surface area contributed by atoms with E-state index in [-0.39, 0.29) is 0 Å². The van der Waals surface area contributed by atoms with Crippen molar-refractivity contribution in [1.82, 2.24) is 10.2 Å². The molecule has 0 aliphatic heterocycles. The second-order valence-corrected chi connectivity index (χ2v) is 22.1. The molecule has 5 heteroatoms. The number of hydrogen-bond acceptors (Lipinski definition) is 4. The first-order valence-electron chi connectivity index (χ1n) is 12.6. The third-order valence-electron chi connectivity index (χ3n) is 6.41. The van der Waals surface area contributed by atoms with Crippen LogP contribution in [-0.2, 0) is 6.42 Å². The number of rotatable bonds is 15. The number of aryl methyl sites for hydroxylation is 2. The van der Waals surface area contributed by atoms with Gasteiger partial charge in [0.15, 0.2) is 0 Å². The molecular formula is C27H41N3OSn. The minimum absolute atomic E-state index is 0.637. The molecule has 0 atom stereocenters. The van der Waals surface area contributed by atoms with Crippen LogP contribution in [0.15, 0.2) is 34.8 Å². The summed E-state index contributed by atoms with van der Waals surface area (Å²) in [6.07, 6.45) is 13.2. The fourth-order valence-electron chi connectivity index (χ4n) is 4.66. The second-order valence-electron chi connectivity index (χ2n) is 9.01. The zero-order valence-electron chi connectivity index (χ0n) is 20.6. The van der Waals surface area contributed by atoms with Gasteiger partial charge in [0.2, 0.25) is 0 Å². The first-order valence-corrected chi connectivity index (χ1v) is 20.1. The summed E-state index contributed by atoms with van der Waals surface area (Å²) in [5.74, 6) is 1.38. The molecule has 1 aromatic heterocycles. The number of nitriles is 1. The molecule has 0 spiro atoms. The summed E-state index contributed by atoms with van der Waals surface area (Å²) in [6, 6.07) is 10.8. The molecule has 0 aliphatic rings. The van der Waals surface area contributed by atoms with Crippen molar-refractivity contribution >= 4 is 22.0 Å². The third-order valence-corrected chi connectivity index (χ3v) is 22.3. The minimum atomic E-state index is -2.65. The molecule has 0 saturated carbocycles. The van der Waals surface area contributed by atoms with Gasteiger partial charge in [-0.15, -0.1) is 0 Å². The van der Waals surface area contributed by atoms with Crippen LogP contribution in [0.2, 0.25) is 13.3 Å². The van der Waals surface area contributed by atoms with Crippen LogP contribution in [0, 0.1) is 18.3 Å². The summed E-state index contributed by atoms with van der Waals surface area (Å²) >= 11 is -2.65. The second kappa shape index (κ2) is 14.5. The predicted molar refractivity (Wildman–Crippen MR) is 136 cm³/mol.